The van der Waals surface area contributed by atoms with Crippen LogP contribution < -0.4 is 0 Å². The molecule has 1 aliphatic rings. The fourth-order valence-corrected chi connectivity index (χ4v) is 1.92. The summed E-state index contributed by atoms with van der Waals surface area (Å²) < 4.78 is 10.4. The fourth-order valence-electron chi connectivity index (χ4n) is 1.92. The van der Waals surface area contributed by atoms with Crippen LogP contribution in [-0.2, 0) is 4.74 Å². The number of aromatic nitrogens is 1. The van der Waals surface area contributed by atoms with Crippen LogP contribution in [0.4, 0.5) is 4.79 Å². The molecule has 1 fully saturated rings. The van der Waals surface area contributed by atoms with Crippen molar-refractivity contribution in [2.24, 2.45) is 0 Å². The van der Waals surface area contributed by atoms with Crippen molar-refractivity contribution < 1.29 is 14.1 Å². The van der Waals surface area contributed by atoms with Crippen LogP contribution in [0.15, 0.2) is 16.8 Å². The zero-order valence-corrected chi connectivity index (χ0v) is 10.5. The van der Waals surface area contributed by atoms with Gasteiger partial charge >= 0.3 is 6.09 Å². The zero-order valence-electron chi connectivity index (χ0n) is 10.5. The SMILES string of the molecule is CC(C)(C)OC(=O)N1CCC(c2ccno2)C1. The first-order valence-electron chi connectivity index (χ1n) is 5.84. The average molecular weight is 238 g/mol. The molecule has 1 amide bonds. The summed E-state index contributed by atoms with van der Waals surface area (Å²) in [6, 6.07) is 1.85. The van der Waals surface area contributed by atoms with Crippen molar-refractivity contribution in [1.29, 1.82) is 0 Å². The van der Waals surface area contributed by atoms with E-state index in [2.05, 4.69) is 5.16 Å². The maximum Gasteiger partial charge on any atom is 0.410 e. The first kappa shape index (κ1) is 12.0. The smallest absolute Gasteiger partial charge is 0.410 e. The number of hydrogen-bond acceptors (Lipinski definition) is 4. The lowest BCUT2D eigenvalue weighted by atomic mass is 10.1. The summed E-state index contributed by atoms with van der Waals surface area (Å²) in [4.78, 5) is 13.6. The van der Waals surface area contributed by atoms with E-state index >= 15 is 0 Å². The van der Waals surface area contributed by atoms with E-state index in [9.17, 15) is 4.79 Å². The molecule has 17 heavy (non-hydrogen) atoms. The highest BCUT2D eigenvalue weighted by Crippen LogP contribution is 2.27. The Bertz CT molecular complexity index is 381. The van der Waals surface area contributed by atoms with Gasteiger partial charge in [0.05, 0.1) is 6.20 Å². The maximum absolute atomic E-state index is 11.8. The third-order valence-electron chi connectivity index (χ3n) is 2.70. The summed E-state index contributed by atoms with van der Waals surface area (Å²) in [5, 5.41) is 3.69. The number of nitrogens with zero attached hydrogens (tertiary/aromatic N) is 2. The van der Waals surface area contributed by atoms with E-state index in [0.717, 1.165) is 12.2 Å². The fraction of sp³-hybridized carbons (Fsp3) is 0.667. The van der Waals surface area contributed by atoms with Gasteiger partial charge in [-0.05, 0) is 27.2 Å². The van der Waals surface area contributed by atoms with Gasteiger partial charge < -0.3 is 14.2 Å². The first-order valence-corrected chi connectivity index (χ1v) is 5.84. The van der Waals surface area contributed by atoms with Gasteiger partial charge in [-0.25, -0.2) is 4.79 Å². The maximum atomic E-state index is 11.8. The molecule has 0 radical (unpaired) electrons. The quantitative estimate of drug-likeness (QED) is 0.753. The molecule has 1 saturated heterocycles. The monoisotopic (exact) mass is 238 g/mol. The summed E-state index contributed by atoms with van der Waals surface area (Å²) in [7, 11) is 0. The third kappa shape index (κ3) is 2.99. The van der Waals surface area contributed by atoms with Gasteiger partial charge in [-0.3, -0.25) is 0 Å². The molecule has 0 aromatic carbocycles. The van der Waals surface area contributed by atoms with Crippen molar-refractivity contribution in [3.8, 4) is 0 Å². The molecule has 5 nitrogen and oxygen atoms in total. The molecule has 0 spiro atoms. The Balaban J connectivity index is 1.92. The number of amides is 1. The van der Waals surface area contributed by atoms with Crippen molar-refractivity contribution in [3.05, 3.63) is 18.0 Å². The Morgan fingerprint density at radius 1 is 1.59 bits per heavy atom. The van der Waals surface area contributed by atoms with Crippen LogP contribution in [-0.4, -0.2) is 34.8 Å². The predicted molar refractivity (Wildman–Crippen MR) is 61.7 cm³/mol. The van der Waals surface area contributed by atoms with E-state index in [4.69, 9.17) is 9.26 Å². The molecule has 1 atom stereocenters. The number of carbonyl (C=O) groups excluding carboxylic acids is 1. The topological polar surface area (TPSA) is 55.6 Å². The third-order valence-corrected chi connectivity index (χ3v) is 2.70. The van der Waals surface area contributed by atoms with E-state index < -0.39 is 5.60 Å². The molecule has 94 valence electrons. The normalized spacial score (nSPS) is 20.6. The highest BCUT2D eigenvalue weighted by atomic mass is 16.6. The highest BCUT2D eigenvalue weighted by Gasteiger charge is 2.31. The molecular weight excluding hydrogens is 220 g/mol. The van der Waals surface area contributed by atoms with E-state index in [-0.39, 0.29) is 12.0 Å². The molecule has 2 heterocycles. The Labute approximate surface area is 101 Å². The molecule has 2 rings (SSSR count). The van der Waals surface area contributed by atoms with Crippen LogP contribution in [0, 0.1) is 0 Å². The lowest BCUT2D eigenvalue weighted by molar-refractivity contribution is 0.0291. The van der Waals surface area contributed by atoms with Gasteiger partial charge in [0.25, 0.3) is 0 Å². The van der Waals surface area contributed by atoms with Gasteiger partial charge in [0.1, 0.15) is 11.4 Å². The molecule has 1 unspecified atom stereocenters. The van der Waals surface area contributed by atoms with Crippen molar-refractivity contribution in [3.63, 3.8) is 0 Å². The standard InChI is InChI=1S/C12H18N2O3/c1-12(2,3)16-11(15)14-7-5-9(8-14)10-4-6-13-17-10/h4,6,9H,5,7-8H2,1-3H3. The molecule has 0 aliphatic carbocycles. The van der Waals surface area contributed by atoms with Crippen molar-refractivity contribution >= 4 is 6.09 Å². The second-order valence-electron chi connectivity index (χ2n) is 5.33. The first-order chi connectivity index (χ1) is 7.96. The second-order valence-corrected chi connectivity index (χ2v) is 5.33. The predicted octanol–water partition coefficient (Wildman–Crippen LogP) is 2.40. The zero-order chi connectivity index (χ0) is 12.5. The number of likely N-dealkylation sites (tertiary alicyclic amines) is 1. The molecule has 1 aliphatic heterocycles. The average Bonchev–Trinajstić information content (AvgIpc) is 2.86. The van der Waals surface area contributed by atoms with E-state index in [1.54, 1.807) is 11.1 Å². The molecule has 0 bridgehead atoms. The lowest BCUT2D eigenvalue weighted by Gasteiger charge is -2.24. The molecule has 0 saturated carbocycles. The number of hydrogen-bond donors (Lipinski definition) is 0. The van der Waals surface area contributed by atoms with Crippen molar-refractivity contribution in [1.82, 2.24) is 10.1 Å². The Kier molecular flexibility index (Phi) is 3.09. The van der Waals surface area contributed by atoms with Crippen LogP contribution in [0.25, 0.3) is 0 Å². The minimum absolute atomic E-state index is 0.241. The van der Waals surface area contributed by atoms with Gasteiger partial charge in [0, 0.05) is 25.1 Å². The van der Waals surface area contributed by atoms with Crippen LogP contribution in [0.5, 0.6) is 0 Å². The van der Waals surface area contributed by atoms with Crippen molar-refractivity contribution in [2.45, 2.75) is 38.7 Å². The highest BCUT2D eigenvalue weighted by molar-refractivity contribution is 5.68. The van der Waals surface area contributed by atoms with Crippen LogP contribution in [0.1, 0.15) is 38.9 Å². The van der Waals surface area contributed by atoms with Gasteiger partial charge in [0.15, 0.2) is 0 Å². The number of carbonyl (C=O) groups is 1. The summed E-state index contributed by atoms with van der Waals surface area (Å²) in [5.74, 6) is 1.08. The van der Waals surface area contributed by atoms with Crippen LogP contribution >= 0.6 is 0 Å². The summed E-state index contributed by atoms with van der Waals surface area (Å²) >= 11 is 0. The van der Waals surface area contributed by atoms with Gasteiger partial charge in [-0.2, -0.15) is 0 Å². The number of ether oxygens (including phenoxy) is 1. The molecular formula is C12H18N2O3. The minimum Gasteiger partial charge on any atom is -0.444 e. The Morgan fingerprint density at radius 3 is 2.94 bits per heavy atom. The molecule has 1 aromatic rings. The van der Waals surface area contributed by atoms with Gasteiger partial charge in [-0.1, -0.05) is 5.16 Å². The Hall–Kier alpha value is -1.52. The lowest BCUT2D eigenvalue weighted by Crippen LogP contribution is -2.35. The molecule has 5 heteroatoms. The summed E-state index contributed by atoms with van der Waals surface area (Å²) in [5.41, 5.74) is -0.443. The number of rotatable bonds is 1. The van der Waals surface area contributed by atoms with Crippen LogP contribution in [0.2, 0.25) is 0 Å². The minimum atomic E-state index is -0.443. The summed E-state index contributed by atoms with van der Waals surface area (Å²) in [6.07, 6.45) is 2.28. The second kappa shape index (κ2) is 4.39. The van der Waals surface area contributed by atoms with Gasteiger partial charge in [0.2, 0.25) is 0 Å². The molecule has 0 N–H and O–H groups in total. The van der Waals surface area contributed by atoms with E-state index in [1.165, 1.54) is 0 Å². The largest absolute Gasteiger partial charge is 0.444 e. The van der Waals surface area contributed by atoms with Crippen molar-refractivity contribution in [2.75, 3.05) is 13.1 Å². The molecule has 1 aromatic heterocycles. The van der Waals surface area contributed by atoms with Gasteiger partial charge in [-0.15, -0.1) is 0 Å². The van der Waals surface area contributed by atoms with E-state index in [1.807, 2.05) is 26.8 Å². The van der Waals surface area contributed by atoms with E-state index in [0.29, 0.717) is 13.1 Å². The van der Waals surface area contributed by atoms with Crippen LogP contribution in [0.3, 0.4) is 0 Å². The Morgan fingerprint density at radius 2 is 2.35 bits per heavy atom. The summed E-state index contributed by atoms with van der Waals surface area (Å²) in [6.45, 7) is 6.96.